The van der Waals surface area contributed by atoms with Gasteiger partial charge in [-0.25, -0.2) is 4.39 Å². The molecule has 1 heterocycles. The first-order chi connectivity index (χ1) is 14.3. The van der Waals surface area contributed by atoms with Crippen LogP contribution in [0.15, 0.2) is 60.7 Å². The third kappa shape index (κ3) is 3.81. The number of aryl methyl sites for hydroxylation is 2. The van der Waals surface area contributed by atoms with Crippen LogP contribution in [0.5, 0.6) is 0 Å². The lowest BCUT2D eigenvalue weighted by molar-refractivity contribution is -0.117. The van der Waals surface area contributed by atoms with Gasteiger partial charge in [-0.05, 0) is 73.0 Å². The first-order valence-electron chi connectivity index (χ1n) is 9.56. The molecule has 2 amide bonds. The Kier molecular flexibility index (Phi) is 5.31. The summed E-state index contributed by atoms with van der Waals surface area (Å²) in [6.07, 6.45) is 0. The van der Waals surface area contributed by atoms with Crippen LogP contribution < -0.4 is 5.32 Å². The normalized spacial score (nSPS) is 15.9. The first kappa shape index (κ1) is 20.1. The maximum Gasteiger partial charge on any atom is 0.255 e. The zero-order chi connectivity index (χ0) is 21.4. The molecule has 30 heavy (non-hydrogen) atoms. The first-order valence-corrected chi connectivity index (χ1v) is 9.94. The minimum atomic E-state index is -0.604. The molecule has 1 aliphatic rings. The molecule has 152 valence electrons. The van der Waals surface area contributed by atoms with Gasteiger partial charge in [0.25, 0.3) is 5.91 Å². The molecular weight excluding hydrogens is 403 g/mol. The van der Waals surface area contributed by atoms with Crippen molar-refractivity contribution in [1.82, 2.24) is 4.90 Å². The molecule has 0 aromatic heterocycles. The predicted octanol–water partition coefficient (Wildman–Crippen LogP) is 5.28. The molecule has 0 saturated heterocycles. The van der Waals surface area contributed by atoms with Crippen molar-refractivity contribution < 1.29 is 14.0 Å². The Labute approximate surface area is 179 Å². The summed E-state index contributed by atoms with van der Waals surface area (Å²) in [7, 11) is 0. The van der Waals surface area contributed by atoms with Crippen LogP contribution in [0.2, 0.25) is 5.02 Å². The Morgan fingerprint density at radius 1 is 1.03 bits per heavy atom. The molecular formula is C24H20ClFN2O2. The molecule has 3 aromatic rings. The number of nitrogens with zero attached hydrogens (tertiary/aromatic N) is 1. The molecule has 4 nitrogen and oxygen atoms in total. The topological polar surface area (TPSA) is 49.4 Å². The van der Waals surface area contributed by atoms with Crippen LogP contribution in [0, 0.1) is 19.7 Å². The Morgan fingerprint density at radius 2 is 1.77 bits per heavy atom. The molecule has 1 atom stereocenters. The van der Waals surface area contributed by atoms with Gasteiger partial charge in [0.1, 0.15) is 12.4 Å². The van der Waals surface area contributed by atoms with E-state index in [9.17, 15) is 14.0 Å². The second-order valence-electron chi connectivity index (χ2n) is 7.47. The quantitative estimate of drug-likeness (QED) is 0.610. The van der Waals surface area contributed by atoms with E-state index < -0.39 is 6.04 Å². The second-order valence-corrected chi connectivity index (χ2v) is 7.90. The number of hydrogen-bond acceptors (Lipinski definition) is 2. The highest BCUT2D eigenvalue weighted by Gasteiger charge is 2.34. The highest BCUT2D eigenvalue weighted by atomic mass is 35.5. The summed E-state index contributed by atoms with van der Waals surface area (Å²) < 4.78 is 13.6. The van der Waals surface area contributed by atoms with Crippen molar-refractivity contribution in [3.63, 3.8) is 0 Å². The summed E-state index contributed by atoms with van der Waals surface area (Å²) >= 11 is 6.25. The van der Waals surface area contributed by atoms with E-state index in [-0.39, 0.29) is 24.2 Å². The number of hydrogen-bond donors (Lipinski definition) is 1. The van der Waals surface area contributed by atoms with Gasteiger partial charge in [-0.15, -0.1) is 0 Å². The monoisotopic (exact) mass is 422 g/mol. The van der Waals surface area contributed by atoms with E-state index in [4.69, 9.17) is 11.6 Å². The molecule has 0 unspecified atom stereocenters. The van der Waals surface area contributed by atoms with Crippen molar-refractivity contribution in [2.24, 2.45) is 0 Å². The zero-order valence-electron chi connectivity index (χ0n) is 16.6. The van der Waals surface area contributed by atoms with Crippen molar-refractivity contribution >= 4 is 29.1 Å². The summed E-state index contributed by atoms with van der Waals surface area (Å²) in [5, 5.41) is 3.33. The maximum atomic E-state index is 13.6. The van der Waals surface area contributed by atoms with Gasteiger partial charge < -0.3 is 10.2 Å². The Morgan fingerprint density at radius 3 is 2.47 bits per heavy atom. The van der Waals surface area contributed by atoms with E-state index in [1.165, 1.54) is 17.0 Å². The van der Waals surface area contributed by atoms with Gasteiger partial charge in [0.15, 0.2) is 0 Å². The summed E-state index contributed by atoms with van der Waals surface area (Å²) in [6, 6.07) is 15.9. The van der Waals surface area contributed by atoms with E-state index in [0.717, 1.165) is 11.1 Å². The maximum absolute atomic E-state index is 13.6. The van der Waals surface area contributed by atoms with Crippen LogP contribution in [0.25, 0.3) is 0 Å². The number of carbonyl (C=O) groups is 2. The number of carbonyl (C=O) groups excluding carboxylic acids is 2. The van der Waals surface area contributed by atoms with Crippen LogP contribution >= 0.6 is 11.6 Å². The van der Waals surface area contributed by atoms with Crippen molar-refractivity contribution in [2.45, 2.75) is 19.9 Å². The Balaban J connectivity index is 1.89. The standard InChI is InChI=1S/C24H20ClFN2O2/c1-14-3-4-17(11-15(14)2)24(30)28-13-22(29)27-21-10-7-18(25)12-20(21)23(28)16-5-8-19(26)9-6-16/h3-12,23H,13H2,1-2H3,(H,27,29)/t23-/m1/s1. The molecule has 1 N–H and O–H groups in total. The van der Waals surface area contributed by atoms with Crippen LogP contribution in [0.1, 0.15) is 38.7 Å². The molecule has 0 spiro atoms. The summed E-state index contributed by atoms with van der Waals surface area (Å²) in [5.41, 5.74) is 4.50. The molecule has 0 radical (unpaired) electrons. The number of halogens is 2. The Hall–Kier alpha value is -3.18. The summed E-state index contributed by atoms with van der Waals surface area (Å²) in [4.78, 5) is 27.7. The van der Waals surface area contributed by atoms with E-state index in [1.54, 1.807) is 36.4 Å². The molecule has 0 bridgehead atoms. The van der Waals surface area contributed by atoms with Gasteiger partial charge in [0, 0.05) is 21.8 Å². The third-order valence-corrected chi connectivity index (χ3v) is 5.64. The lowest BCUT2D eigenvalue weighted by atomic mass is 9.95. The molecule has 3 aromatic carbocycles. The number of rotatable bonds is 2. The average molecular weight is 423 g/mol. The molecule has 6 heteroatoms. The minimum absolute atomic E-state index is 0.139. The van der Waals surface area contributed by atoms with Gasteiger partial charge in [-0.2, -0.15) is 0 Å². The fourth-order valence-electron chi connectivity index (χ4n) is 3.71. The zero-order valence-corrected chi connectivity index (χ0v) is 17.3. The molecule has 4 rings (SSSR count). The summed E-state index contributed by atoms with van der Waals surface area (Å²) in [5.74, 6) is -0.962. The highest BCUT2D eigenvalue weighted by Crippen LogP contribution is 2.38. The number of amides is 2. The second kappa shape index (κ2) is 7.92. The average Bonchev–Trinajstić information content (AvgIpc) is 2.86. The lowest BCUT2D eigenvalue weighted by Crippen LogP contribution is -2.39. The van der Waals surface area contributed by atoms with Crippen molar-refractivity contribution in [2.75, 3.05) is 11.9 Å². The third-order valence-electron chi connectivity index (χ3n) is 5.41. The largest absolute Gasteiger partial charge is 0.324 e. The van der Waals surface area contributed by atoms with E-state index >= 15 is 0 Å². The summed E-state index contributed by atoms with van der Waals surface area (Å²) in [6.45, 7) is 3.77. The number of benzene rings is 3. The van der Waals surface area contributed by atoms with Crippen LogP contribution in [0.3, 0.4) is 0 Å². The van der Waals surface area contributed by atoms with Crippen molar-refractivity contribution in [3.8, 4) is 0 Å². The van der Waals surface area contributed by atoms with Crippen LogP contribution in [0.4, 0.5) is 10.1 Å². The van der Waals surface area contributed by atoms with Crippen LogP contribution in [-0.4, -0.2) is 23.3 Å². The van der Waals surface area contributed by atoms with Gasteiger partial charge in [-0.1, -0.05) is 29.8 Å². The van der Waals surface area contributed by atoms with Gasteiger partial charge in [0.05, 0.1) is 6.04 Å². The number of anilines is 1. The van der Waals surface area contributed by atoms with Crippen LogP contribution in [-0.2, 0) is 4.79 Å². The van der Waals surface area contributed by atoms with Gasteiger partial charge in [0.2, 0.25) is 5.91 Å². The van der Waals surface area contributed by atoms with Crippen molar-refractivity contribution in [1.29, 1.82) is 0 Å². The fourth-order valence-corrected chi connectivity index (χ4v) is 3.89. The number of fused-ring (bicyclic) bond motifs is 1. The molecule has 0 saturated carbocycles. The molecule has 0 fully saturated rings. The number of nitrogens with one attached hydrogen (secondary N) is 1. The minimum Gasteiger partial charge on any atom is -0.324 e. The molecule has 0 aliphatic carbocycles. The van der Waals surface area contributed by atoms with Gasteiger partial charge in [-0.3, -0.25) is 9.59 Å². The smallest absolute Gasteiger partial charge is 0.255 e. The molecule has 1 aliphatic heterocycles. The van der Waals surface area contributed by atoms with E-state index in [2.05, 4.69) is 5.32 Å². The van der Waals surface area contributed by atoms with E-state index in [0.29, 0.717) is 27.4 Å². The SMILES string of the molecule is Cc1ccc(C(=O)N2CC(=O)Nc3ccc(Cl)cc3[C@H]2c2ccc(F)cc2)cc1C. The van der Waals surface area contributed by atoms with E-state index in [1.807, 2.05) is 26.0 Å². The fraction of sp³-hybridized carbons (Fsp3) is 0.167. The van der Waals surface area contributed by atoms with Gasteiger partial charge >= 0.3 is 0 Å². The predicted molar refractivity (Wildman–Crippen MR) is 115 cm³/mol. The highest BCUT2D eigenvalue weighted by molar-refractivity contribution is 6.30. The van der Waals surface area contributed by atoms with Crippen molar-refractivity contribution in [3.05, 3.63) is 99.3 Å². The Bertz CT molecular complexity index is 1140. The lowest BCUT2D eigenvalue weighted by Gasteiger charge is -2.31.